The topological polar surface area (TPSA) is 0 Å². The summed E-state index contributed by atoms with van der Waals surface area (Å²) in [4.78, 5) is 0. The van der Waals surface area contributed by atoms with Gasteiger partial charge in [-0.1, -0.05) is 59.3 Å². The summed E-state index contributed by atoms with van der Waals surface area (Å²) in [5, 5.41) is 0. The zero-order valence-electron chi connectivity index (χ0n) is 13.8. The van der Waals surface area contributed by atoms with Crippen molar-refractivity contribution in [1.82, 2.24) is 0 Å². The highest BCUT2D eigenvalue weighted by molar-refractivity contribution is 5.20. The first-order valence-electron chi connectivity index (χ1n) is 8.20. The van der Waals surface area contributed by atoms with Gasteiger partial charge in [0.1, 0.15) is 0 Å². The highest BCUT2D eigenvalue weighted by Gasteiger charge is 2.51. The fourth-order valence-corrected chi connectivity index (χ4v) is 4.17. The highest BCUT2D eigenvalue weighted by atomic mass is 14.6. The van der Waals surface area contributed by atoms with E-state index in [1.54, 1.807) is 0 Å². The van der Waals surface area contributed by atoms with Gasteiger partial charge in [0.05, 0.1) is 0 Å². The lowest BCUT2D eigenvalue weighted by Gasteiger charge is -2.57. The van der Waals surface area contributed by atoms with Gasteiger partial charge in [0.25, 0.3) is 0 Å². The monoisotopic (exact) mass is 262 g/mol. The van der Waals surface area contributed by atoms with Gasteiger partial charge in [0.15, 0.2) is 0 Å². The summed E-state index contributed by atoms with van der Waals surface area (Å²) < 4.78 is 0. The molecule has 0 heterocycles. The van der Waals surface area contributed by atoms with Crippen molar-refractivity contribution in [2.24, 2.45) is 29.1 Å². The Kier molecular flexibility index (Phi) is 5.89. The standard InChI is InChI=1S/C19H34/c1-8-15(5)11-10-12-18-16(6)13-19(18,9-2)17(7)14(3)4/h8,14-16,18H,1,7,9-13H2,2-6H3. The van der Waals surface area contributed by atoms with Crippen LogP contribution in [0, 0.1) is 29.1 Å². The van der Waals surface area contributed by atoms with Crippen LogP contribution in [-0.4, -0.2) is 0 Å². The summed E-state index contributed by atoms with van der Waals surface area (Å²) in [6, 6.07) is 0. The van der Waals surface area contributed by atoms with Crippen LogP contribution < -0.4 is 0 Å². The highest BCUT2D eigenvalue weighted by Crippen LogP contribution is 2.60. The molecule has 0 heteroatoms. The van der Waals surface area contributed by atoms with E-state index in [-0.39, 0.29) is 0 Å². The van der Waals surface area contributed by atoms with Gasteiger partial charge in [-0.25, -0.2) is 0 Å². The Bertz CT molecular complexity index is 312. The van der Waals surface area contributed by atoms with E-state index < -0.39 is 0 Å². The largest absolute Gasteiger partial charge is 0.103 e. The molecule has 0 aromatic rings. The van der Waals surface area contributed by atoms with Gasteiger partial charge < -0.3 is 0 Å². The Morgan fingerprint density at radius 2 is 2.00 bits per heavy atom. The van der Waals surface area contributed by atoms with Gasteiger partial charge in [0, 0.05) is 0 Å². The van der Waals surface area contributed by atoms with Crippen LogP contribution in [0.15, 0.2) is 24.8 Å². The SMILES string of the molecule is C=CC(C)CCCC1C(C)CC1(CC)C(=C)C(C)C. The second kappa shape index (κ2) is 6.77. The average molecular weight is 262 g/mol. The van der Waals surface area contributed by atoms with Crippen molar-refractivity contribution in [3.63, 3.8) is 0 Å². The van der Waals surface area contributed by atoms with Crippen LogP contribution in [0.3, 0.4) is 0 Å². The Balaban J connectivity index is 2.63. The molecule has 4 atom stereocenters. The Labute approximate surface area is 121 Å². The van der Waals surface area contributed by atoms with Crippen molar-refractivity contribution < 1.29 is 0 Å². The lowest BCUT2D eigenvalue weighted by molar-refractivity contribution is -0.0178. The van der Waals surface area contributed by atoms with E-state index in [0.29, 0.717) is 17.3 Å². The van der Waals surface area contributed by atoms with E-state index in [1.807, 2.05) is 0 Å². The molecule has 0 aliphatic heterocycles. The van der Waals surface area contributed by atoms with Crippen molar-refractivity contribution in [1.29, 1.82) is 0 Å². The average Bonchev–Trinajstić information content (AvgIpc) is 2.39. The third kappa shape index (κ3) is 3.33. The van der Waals surface area contributed by atoms with Crippen molar-refractivity contribution in [3.05, 3.63) is 24.8 Å². The molecule has 110 valence electrons. The van der Waals surface area contributed by atoms with Crippen LogP contribution in [0.25, 0.3) is 0 Å². The van der Waals surface area contributed by atoms with Gasteiger partial charge in [-0.15, -0.1) is 6.58 Å². The molecule has 0 amide bonds. The van der Waals surface area contributed by atoms with Gasteiger partial charge >= 0.3 is 0 Å². The second-order valence-corrected chi connectivity index (χ2v) is 7.12. The zero-order chi connectivity index (χ0) is 14.6. The molecule has 0 radical (unpaired) electrons. The Hall–Kier alpha value is -0.520. The summed E-state index contributed by atoms with van der Waals surface area (Å²) >= 11 is 0. The van der Waals surface area contributed by atoms with E-state index in [2.05, 4.69) is 53.9 Å². The van der Waals surface area contributed by atoms with Gasteiger partial charge in [-0.2, -0.15) is 0 Å². The fraction of sp³-hybridized carbons (Fsp3) is 0.789. The predicted molar refractivity (Wildman–Crippen MR) is 87.2 cm³/mol. The molecule has 0 saturated heterocycles. The van der Waals surface area contributed by atoms with E-state index in [9.17, 15) is 0 Å². The third-order valence-electron chi connectivity index (χ3n) is 5.63. The quantitative estimate of drug-likeness (QED) is 0.454. The molecule has 0 aromatic carbocycles. The molecule has 1 aliphatic rings. The van der Waals surface area contributed by atoms with Crippen LogP contribution in [0.5, 0.6) is 0 Å². The molecule has 19 heavy (non-hydrogen) atoms. The lowest BCUT2D eigenvalue weighted by Crippen LogP contribution is -2.48. The first-order chi connectivity index (χ1) is 8.89. The van der Waals surface area contributed by atoms with Crippen LogP contribution in [-0.2, 0) is 0 Å². The van der Waals surface area contributed by atoms with Crippen molar-refractivity contribution in [2.45, 2.75) is 66.7 Å². The minimum atomic E-state index is 0.449. The second-order valence-electron chi connectivity index (χ2n) is 7.12. The molecule has 1 rings (SSSR count). The van der Waals surface area contributed by atoms with Crippen molar-refractivity contribution in [2.75, 3.05) is 0 Å². The summed E-state index contributed by atoms with van der Waals surface area (Å²) in [7, 11) is 0. The maximum atomic E-state index is 4.45. The number of rotatable bonds is 8. The Morgan fingerprint density at radius 1 is 1.37 bits per heavy atom. The first-order valence-corrected chi connectivity index (χ1v) is 8.20. The number of hydrogen-bond acceptors (Lipinski definition) is 0. The van der Waals surface area contributed by atoms with Gasteiger partial charge in [-0.3, -0.25) is 0 Å². The van der Waals surface area contributed by atoms with Gasteiger partial charge in [0.2, 0.25) is 0 Å². The molecular formula is C19H34. The van der Waals surface area contributed by atoms with Crippen LogP contribution in [0.4, 0.5) is 0 Å². The molecule has 1 fully saturated rings. The molecule has 0 nitrogen and oxygen atoms in total. The molecular weight excluding hydrogens is 228 g/mol. The molecule has 4 unspecified atom stereocenters. The normalized spacial score (nSPS) is 31.9. The van der Waals surface area contributed by atoms with E-state index >= 15 is 0 Å². The molecule has 0 spiro atoms. The lowest BCUT2D eigenvalue weighted by atomic mass is 9.48. The van der Waals surface area contributed by atoms with Crippen LogP contribution in [0.1, 0.15) is 66.7 Å². The van der Waals surface area contributed by atoms with E-state index in [0.717, 1.165) is 11.8 Å². The number of allylic oxidation sites excluding steroid dienone is 2. The molecule has 0 bridgehead atoms. The molecule has 0 aromatic heterocycles. The molecule has 1 saturated carbocycles. The van der Waals surface area contributed by atoms with E-state index in [4.69, 9.17) is 0 Å². The maximum Gasteiger partial charge on any atom is -0.00574 e. The molecule has 0 N–H and O–H groups in total. The van der Waals surface area contributed by atoms with Crippen LogP contribution >= 0.6 is 0 Å². The fourth-order valence-electron chi connectivity index (χ4n) is 4.17. The predicted octanol–water partition coefficient (Wildman–Crippen LogP) is 6.24. The maximum absolute atomic E-state index is 4.45. The summed E-state index contributed by atoms with van der Waals surface area (Å²) in [6.07, 6.45) is 8.73. The number of hydrogen-bond donors (Lipinski definition) is 0. The van der Waals surface area contributed by atoms with Crippen LogP contribution in [0.2, 0.25) is 0 Å². The van der Waals surface area contributed by atoms with Gasteiger partial charge in [-0.05, 0) is 54.8 Å². The third-order valence-corrected chi connectivity index (χ3v) is 5.63. The smallest absolute Gasteiger partial charge is 0.00574 e. The minimum Gasteiger partial charge on any atom is -0.103 e. The van der Waals surface area contributed by atoms with Crippen molar-refractivity contribution >= 4 is 0 Å². The zero-order valence-corrected chi connectivity index (χ0v) is 13.8. The minimum absolute atomic E-state index is 0.449. The first kappa shape index (κ1) is 16.5. The summed E-state index contributed by atoms with van der Waals surface area (Å²) in [5.41, 5.74) is 1.96. The van der Waals surface area contributed by atoms with E-state index in [1.165, 1.54) is 37.7 Å². The van der Waals surface area contributed by atoms with Crippen molar-refractivity contribution in [3.8, 4) is 0 Å². The molecule has 1 aliphatic carbocycles. The Morgan fingerprint density at radius 3 is 2.42 bits per heavy atom. The summed E-state index contributed by atoms with van der Waals surface area (Å²) in [5.74, 6) is 3.04. The summed E-state index contributed by atoms with van der Waals surface area (Å²) in [6.45, 7) is 20.0.